The van der Waals surface area contributed by atoms with Crippen LogP contribution in [0, 0.1) is 6.92 Å². The molecular formula is C17H11Cl2NO2. The zero-order valence-electron chi connectivity index (χ0n) is 11.6. The maximum absolute atomic E-state index is 11.9. The Balaban J connectivity index is 1.93. The van der Waals surface area contributed by atoms with Gasteiger partial charge in [-0.15, -0.1) is 0 Å². The molecule has 1 aliphatic heterocycles. The van der Waals surface area contributed by atoms with Crippen molar-refractivity contribution in [3.63, 3.8) is 0 Å². The van der Waals surface area contributed by atoms with Gasteiger partial charge < -0.3 is 4.74 Å². The highest BCUT2D eigenvalue weighted by molar-refractivity contribution is 6.42. The average Bonchev–Trinajstić information content (AvgIpc) is 2.85. The molecule has 0 saturated heterocycles. The molecule has 3 nitrogen and oxygen atoms in total. The van der Waals surface area contributed by atoms with Crippen LogP contribution in [0.2, 0.25) is 10.0 Å². The van der Waals surface area contributed by atoms with Crippen molar-refractivity contribution < 1.29 is 9.53 Å². The largest absolute Gasteiger partial charge is 0.402 e. The molecule has 2 aromatic carbocycles. The number of carbonyl (C=O) groups is 1. The minimum absolute atomic E-state index is 0.231. The van der Waals surface area contributed by atoms with E-state index in [4.69, 9.17) is 27.9 Å². The fourth-order valence-electron chi connectivity index (χ4n) is 1.99. The summed E-state index contributed by atoms with van der Waals surface area (Å²) in [7, 11) is 0. The van der Waals surface area contributed by atoms with Gasteiger partial charge >= 0.3 is 5.97 Å². The highest BCUT2D eigenvalue weighted by Gasteiger charge is 2.24. The predicted molar refractivity (Wildman–Crippen MR) is 88.2 cm³/mol. The molecule has 1 heterocycles. The highest BCUT2D eigenvalue weighted by Crippen LogP contribution is 2.25. The number of aryl methyl sites for hydroxylation is 1. The second-order valence-electron chi connectivity index (χ2n) is 4.88. The molecule has 0 unspecified atom stereocenters. The number of hydrogen-bond acceptors (Lipinski definition) is 3. The van der Waals surface area contributed by atoms with Gasteiger partial charge in [-0.3, -0.25) is 0 Å². The summed E-state index contributed by atoms with van der Waals surface area (Å²) in [6, 6.07) is 12.7. The number of halogens is 2. The van der Waals surface area contributed by atoms with E-state index in [0.29, 0.717) is 15.9 Å². The molecule has 0 spiro atoms. The number of benzene rings is 2. The van der Waals surface area contributed by atoms with E-state index in [9.17, 15) is 4.79 Å². The van der Waals surface area contributed by atoms with Gasteiger partial charge in [-0.25, -0.2) is 9.79 Å². The number of ether oxygens (including phenoxy) is 1. The zero-order valence-corrected chi connectivity index (χ0v) is 13.2. The van der Waals surface area contributed by atoms with Crippen LogP contribution in [-0.4, -0.2) is 11.9 Å². The summed E-state index contributed by atoms with van der Waals surface area (Å²) >= 11 is 11.8. The van der Waals surface area contributed by atoms with Gasteiger partial charge in [-0.1, -0.05) is 47.0 Å². The highest BCUT2D eigenvalue weighted by atomic mass is 35.5. The molecule has 0 aliphatic carbocycles. The van der Waals surface area contributed by atoms with Gasteiger partial charge in [-0.2, -0.15) is 0 Å². The molecule has 0 atom stereocenters. The van der Waals surface area contributed by atoms with Gasteiger partial charge in [0.1, 0.15) is 0 Å². The van der Waals surface area contributed by atoms with E-state index < -0.39 is 5.97 Å². The number of rotatable bonds is 2. The minimum Gasteiger partial charge on any atom is -0.402 e. The van der Waals surface area contributed by atoms with Gasteiger partial charge in [-0.05, 0) is 42.8 Å². The van der Waals surface area contributed by atoms with Crippen LogP contribution in [0.1, 0.15) is 16.7 Å². The SMILES string of the molecule is Cc1ccc(C2=NC(=Cc3ccc(Cl)c(Cl)c3)C(=O)O2)cc1. The van der Waals surface area contributed by atoms with Gasteiger partial charge in [0.25, 0.3) is 0 Å². The van der Waals surface area contributed by atoms with Crippen LogP contribution in [-0.2, 0) is 9.53 Å². The van der Waals surface area contributed by atoms with E-state index in [-0.39, 0.29) is 5.70 Å². The second-order valence-corrected chi connectivity index (χ2v) is 5.69. The lowest BCUT2D eigenvalue weighted by Crippen LogP contribution is -2.05. The Labute approximate surface area is 137 Å². The van der Waals surface area contributed by atoms with Crippen LogP contribution >= 0.6 is 23.2 Å². The quantitative estimate of drug-likeness (QED) is 0.593. The summed E-state index contributed by atoms with van der Waals surface area (Å²) in [4.78, 5) is 16.2. The van der Waals surface area contributed by atoms with Crippen molar-refractivity contribution in [2.45, 2.75) is 6.92 Å². The van der Waals surface area contributed by atoms with Crippen molar-refractivity contribution in [3.8, 4) is 0 Å². The molecule has 0 aromatic heterocycles. The molecule has 0 fully saturated rings. The monoisotopic (exact) mass is 331 g/mol. The lowest BCUT2D eigenvalue weighted by molar-refractivity contribution is -0.129. The number of esters is 1. The van der Waals surface area contributed by atoms with Crippen molar-refractivity contribution in [1.29, 1.82) is 0 Å². The molecule has 0 bridgehead atoms. The van der Waals surface area contributed by atoms with E-state index in [1.807, 2.05) is 31.2 Å². The van der Waals surface area contributed by atoms with Crippen molar-refractivity contribution >= 4 is 41.1 Å². The first-order chi connectivity index (χ1) is 10.5. The Morgan fingerprint density at radius 3 is 2.45 bits per heavy atom. The van der Waals surface area contributed by atoms with Crippen LogP contribution in [0.25, 0.3) is 6.08 Å². The standard InChI is InChI=1S/C17H11Cl2NO2/c1-10-2-5-12(6-3-10)16-20-15(17(21)22-16)9-11-4-7-13(18)14(19)8-11/h2-9H,1H3. The molecule has 0 N–H and O–H groups in total. The summed E-state index contributed by atoms with van der Waals surface area (Å²) in [5, 5.41) is 0.881. The fourth-order valence-corrected chi connectivity index (χ4v) is 2.30. The lowest BCUT2D eigenvalue weighted by Gasteiger charge is -1.99. The molecule has 22 heavy (non-hydrogen) atoms. The van der Waals surface area contributed by atoms with E-state index in [1.54, 1.807) is 24.3 Å². The fraction of sp³-hybridized carbons (Fsp3) is 0.0588. The first-order valence-electron chi connectivity index (χ1n) is 6.57. The molecule has 110 valence electrons. The van der Waals surface area contributed by atoms with Crippen molar-refractivity contribution in [3.05, 3.63) is 74.9 Å². The Kier molecular flexibility index (Phi) is 4.01. The third-order valence-corrected chi connectivity index (χ3v) is 3.91. The summed E-state index contributed by atoms with van der Waals surface area (Å²) in [5.74, 6) is -0.182. The second kappa shape index (κ2) is 5.95. The molecule has 0 saturated carbocycles. The van der Waals surface area contributed by atoms with E-state index in [2.05, 4.69) is 4.99 Å². The molecule has 1 aliphatic rings. The van der Waals surface area contributed by atoms with Crippen molar-refractivity contribution in [2.24, 2.45) is 4.99 Å². The van der Waals surface area contributed by atoms with Gasteiger partial charge in [0.2, 0.25) is 5.90 Å². The molecule has 0 radical (unpaired) electrons. The Bertz CT molecular complexity index is 808. The van der Waals surface area contributed by atoms with Gasteiger partial charge in [0.15, 0.2) is 5.70 Å². The molecule has 0 amide bonds. The number of cyclic esters (lactones) is 1. The normalized spacial score (nSPS) is 15.9. The predicted octanol–water partition coefficient (Wildman–Crippen LogP) is 4.65. The van der Waals surface area contributed by atoms with Crippen LogP contribution in [0.3, 0.4) is 0 Å². The topological polar surface area (TPSA) is 38.7 Å². The molecular weight excluding hydrogens is 321 g/mol. The van der Waals surface area contributed by atoms with Crippen molar-refractivity contribution in [2.75, 3.05) is 0 Å². The molecule has 2 aromatic rings. The smallest absolute Gasteiger partial charge is 0.363 e. The van der Waals surface area contributed by atoms with E-state index in [1.165, 1.54) is 0 Å². The first kappa shape index (κ1) is 14.8. The van der Waals surface area contributed by atoms with Crippen LogP contribution in [0.15, 0.2) is 53.2 Å². The number of carbonyl (C=O) groups excluding carboxylic acids is 1. The average molecular weight is 332 g/mol. The Morgan fingerprint density at radius 1 is 1.05 bits per heavy atom. The molecule has 5 heteroatoms. The first-order valence-corrected chi connectivity index (χ1v) is 7.33. The third-order valence-electron chi connectivity index (χ3n) is 3.17. The van der Waals surface area contributed by atoms with Crippen LogP contribution < -0.4 is 0 Å². The lowest BCUT2D eigenvalue weighted by atomic mass is 10.1. The van der Waals surface area contributed by atoms with E-state index in [0.717, 1.165) is 16.7 Å². The van der Waals surface area contributed by atoms with Gasteiger partial charge in [0, 0.05) is 5.56 Å². The number of aliphatic imine (C=N–C) groups is 1. The Hall–Kier alpha value is -2.10. The summed E-state index contributed by atoms with van der Waals surface area (Å²) in [6.07, 6.45) is 1.62. The number of nitrogens with zero attached hydrogens (tertiary/aromatic N) is 1. The third kappa shape index (κ3) is 3.06. The summed E-state index contributed by atoms with van der Waals surface area (Å²) < 4.78 is 5.21. The van der Waals surface area contributed by atoms with Crippen molar-refractivity contribution in [1.82, 2.24) is 0 Å². The Morgan fingerprint density at radius 2 is 1.77 bits per heavy atom. The molecule has 3 rings (SSSR count). The summed E-state index contributed by atoms with van der Waals surface area (Å²) in [5.41, 5.74) is 2.85. The maximum Gasteiger partial charge on any atom is 0.363 e. The van der Waals surface area contributed by atoms with E-state index >= 15 is 0 Å². The minimum atomic E-state index is -0.485. The van der Waals surface area contributed by atoms with Gasteiger partial charge in [0.05, 0.1) is 10.0 Å². The van der Waals surface area contributed by atoms with Crippen LogP contribution in [0.5, 0.6) is 0 Å². The summed E-state index contributed by atoms with van der Waals surface area (Å²) in [6.45, 7) is 1.99. The zero-order chi connectivity index (χ0) is 15.7. The number of hydrogen-bond donors (Lipinski definition) is 0. The maximum atomic E-state index is 11.9. The van der Waals surface area contributed by atoms with Crippen LogP contribution in [0.4, 0.5) is 0 Å².